The van der Waals surface area contributed by atoms with Crippen molar-refractivity contribution in [1.82, 2.24) is 0 Å². The van der Waals surface area contributed by atoms with Gasteiger partial charge in [-0.1, -0.05) is 6.58 Å². The van der Waals surface area contributed by atoms with E-state index in [4.69, 9.17) is 24.0 Å². The SMILES string of the molecule is C=CC=O.O=P(O)(O)O. The van der Waals surface area contributed by atoms with Crippen LogP contribution >= 0.6 is 7.82 Å². The van der Waals surface area contributed by atoms with E-state index in [1.807, 2.05) is 0 Å². The highest BCUT2D eigenvalue weighted by Crippen LogP contribution is 2.25. The second kappa shape index (κ2) is 5.65. The number of hydrogen-bond acceptors (Lipinski definition) is 2. The lowest BCUT2D eigenvalue weighted by atomic mass is 10.8. The molecule has 0 saturated heterocycles. The maximum atomic E-state index is 9.06. The number of carbonyl (C=O) groups is 1. The molecule has 0 aliphatic heterocycles. The number of carbonyl (C=O) groups excluding carboxylic acids is 1. The maximum absolute atomic E-state index is 9.06. The zero-order chi connectivity index (χ0) is 7.91. The van der Waals surface area contributed by atoms with Crippen molar-refractivity contribution in [1.29, 1.82) is 0 Å². The molecule has 0 aromatic carbocycles. The first-order chi connectivity index (χ1) is 3.91. The molecule has 9 heavy (non-hydrogen) atoms. The lowest BCUT2D eigenvalue weighted by Gasteiger charge is -1.82. The summed E-state index contributed by atoms with van der Waals surface area (Å²) in [4.78, 5) is 30.6. The van der Waals surface area contributed by atoms with Gasteiger partial charge in [0, 0.05) is 0 Å². The van der Waals surface area contributed by atoms with Crippen molar-refractivity contribution in [2.75, 3.05) is 0 Å². The Labute approximate surface area is 51.9 Å². The van der Waals surface area contributed by atoms with Crippen molar-refractivity contribution in [2.45, 2.75) is 0 Å². The van der Waals surface area contributed by atoms with Crippen LogP contribution in [0, 0.1) is 0 Å². The molecule has 0 fully saturated rings. The van der Waals surface area contributed by atoms with E-state index in [2.05, 4.69) is 6.58 Å². The fourth-order valence-corrected chi connectivity index (χ4v) is 0. The quantitative estimate of drug-likeness (QED) is 0.267. The van der Waals surface area contributed by atoms with Crippen molar-refractivity contribution < 1.29 is 24.0 Å². The number of allylic oxidation sites excluding steroid dienone is 1. The molecule has 0 heterocycles. The zero-order valence-corrected chi connectivity index (χ0v) is 5.36. The van der Waals surface area contributed by atoms with E-state index in [-0.39, 0.29) is 0 Å². The highest BCUT2D eigenvalue weighted by Gasteiger charge is 2.00. The van der Waals surface area contributed by atoms with Crippen LogP contribution in [-0.4, -0.2) is 21.0 Å². The highest BCUT2D eigenvalue weighted by molar-refractivity contribution is 7.45. The van der Waals surface area contributed by atoms with Crippen molar-refractivity contribution in [2.24, 2.45) is 0 Å². The normalized spacial score (nSPS) is 8.78. The molecule has 0 spiro atoms. The van der Waals surface area contributed by atoms with Gasteiger partial charge in [0.2, 0.25) is 0 Å². The maximum Gasteiger partial charge on any atom is 0.466 e. The minimum atomic E-state index is -4.64. The molecule has 5 nitrogen and oxygen atoms in total. The van der Waals surface area contributed by atoms with Gasteiger partial charge in [0.25, 0.3) is 0 Å². The third-order valence-electron chi connectivity index (χ3n) is 0.0962. The zero-order valence-electron chi connectivity index (χ0n) is 4.47. The van der Waals surface area contributed by atoms with Crippen LogP contribution in [0.2, 0.25) is 0 Å². The predicted octanol–water partition coefficient (Wildman–Crippen LogP) is -0.557. The molecule has 0 bridgehead atoms. The molecular weight excluding hydrogens is 147 g/mol. The van der Waals surface area contributed by atoms with Gasteiger partial charge >= 0.3 is 7.82 Å². The van der Waals surface area contributed by atoms with E-state index < -0.39 is 7.82 Å². The molecule has 0 amide bonds. The van der Waals surface area contributed by atoms with Gasteiger partial charge in [-0.3, -0.25) is 4.79 Å². The van der Waals surface area contributed by atoms with E-state index in [9.17, 15) is 0 Å². The van der Waals surface area contributed by atoms with Crippen LogP contribution < -0.4 is 0 Å². The van der Waals surface area contributed by atoms with Crippen LogP contribution in [0.1, 0.15) is 0 Å². The van der Waals surface area contributed by atoms with Crippen molar-refractivity contribution >= 4 is 14.1 Å². The third kappa shape index (κ3) is 847. The molecular formula is C3H7O5P. The summed E-state index contributed by atoms with van der Waals surface area (Å²) in [5.41, 5.74) is 0. The third-order valence-corrected chi connectivity index (χ3v) is 0.0962. The largest absolute Gasteiger partial charge is 0.466 e. The van der Waals surface area contributed by atoms with Gasteiger partial charge in [0.1, 0.15) is 6.29 Å². The van der Waals surface area contributed by atoms with Crippen molar-refractivity contribution in [3.05, 3.63) is 12.7 Å². The molecule has 0 unspecified atom stereocenters. The van der Waals surface area contributed by atoms with Gasteiger partial charge in [-0.2, -0.15) is 0 Å². The lowest BCUT2D eigenvalue weighted by molar-refractivity contribution is -0.104. The second-order valence-electron chi connectivity index (χ2n) is 0.885. The Bertz CT molecular complexity index is 110. The van der Waals surface area contributed by atoms with E-state index in [0.29, 0.717) is 6.29 Å². The van der Waals surface area contributed by atoms with E-state index in [1.54, 1.807) is 0 Å². The number of aldehydes is 1. The predicted molar refractivity (Wildman–Crippen MR) is 30.5 cm³/mol. The average Bonchev–Trinajstić information content (AvgIpc) is 1.61. The molecule has 0 rings (SSSR count). The first kappa shape index (κ1) is 11.3. The number of phosphoric acid groups is 1. The number of hydrogen-bond donors (Lipinski definition) is 3. The number of rotatable bonds is 1. The molecule has 0 aliphatic carbocycles. The second-order valence-corrected chi connectivity index (χ2v) is 1.91. The summed E-state index contributed by atoms with van der Waals surface area (Å²) in [7, 11) is -4.64. The van der Waals surface area contributed by atoms with Crippen LogP contribution in [0.3, 0.4) is 0 Å². The van der Waals surface area contributed by atoms with Crippen LogP contribution in [0.5, 0.6) is 0 Å². The van der Waals surface area contributed by atoms with Crippen molar-refractivity contribution in [3.8, 4) is 0 Å². The summed E-state index contributed by atoms with van der Waals surface area (Å²) >= 11 is 0. The molecule has 0 atom stereocenters. The van der Waals surface area contributed by atoms with E-state index >= 15 is 0 Å². The Morgan fingerprint density at radius 1 is 1.33 bits per heavy atom. The van der Waals surface area contributed by atoms with Crippen LogP contribution in [0.25, 0.3) is 0 Å². The van der Waals surface area contributed by atoms with E-state index in [0.717, 1.165) is 0 Å². The summed E-state index contributed by atoms with van der Waals surface area (Å²) in [6, 6.07) is 0. The van der Waals surface area contributed by atoms with Gasteiger partial charge in [0.05, 0.1) is 0 Å². The van der Waals surface area contributed by atoms with Gasteiger partial charge in [-0.15, -0.1) is 0 Å². The van der Waals surface area contributed by atoms with Crippen LogP contribution in [0.15, 0.2) is 12.7 Å². The summed E-state index contributed by atoms with van der Waals surface area (Å²) in [6.07, 6.45) is 1.83. The lowest BCUT2D eigenvalue weighted by Crippen LogP contribution is -1.66. The van der Waals surface area contributed by atoms with Crippen LogP contribution in [-0.2, 0) is 9.36 Å². The first-order valence-corrected chi connectivity index (χ1v) is 3.33. The summed E-state index contributed by atoms with van der Waals surface area (Å²) in [5.74, 6) is 0. The van der Waals surface area contributed by atoms with Crippen LogP contribution in [0.4, 0.5) is 0 Å². The standard InChI is InChI=1S/C3H4O.H3O4P/c1-2-3-4;1-5(2,3)4/h2-3H,1H2;(H3,1,2,3,4). The smallest absolute Gasteiger partial charge is 0.303 e. The topological polar surface area (TPSA) is 94.8 Å². The Morgan fingerprint density at radius 2 is 1.44 bits per heavy atom. The Balaban J connectivity index is 0. The molecule has 54 valence electrons. The Hall–Kier alpha value is -0.480. The van der Waals surface area contributed by atoms with Gasteiger partial charge in [-0.25, -0.2) is 4.57 Å². The van der Waals surface area contributed by atoms with Gasteiger partial charge in [-0.05, 0) is 6.08 Å². The molecule has 0 saturated carbocycles. The summed E-state index contributed by atoms with van der Waals surface area (Å²) in [6.45, 7) is 3.11. The van der Waals surface area contributed by atoms with Gasteiger partial charge in [0.15, 0.2) is 0 Å². The average molecular weight is 154 g/mol. The fourth-order valence-electron chi connectivity index (χ4n) is 0. The Kier molecular flexibility index (Phi) is 7.12. The molecule has 0 aromatic heterocycles. The minimum Gasteiger partial charge on any atom is -0.303 e. The van der Waals surface area contributed by atoms with Gasteiger partial charge < -0.3 is 14.7 Å². The first-order valence-electron chi connectivity index (χ1n) is 1.76. The molecule has 0 radical (unpaired) electrons. The van der Waals surface area contributed by atoms with Crippen molar-refractivity contribution in [3.63, 3.8) is 0 Å². The molecule has 0 aliphatic rings. The summed E-state index contributed by atoms with van der Waals surface area (Å²) < 4.78 is 8.88. The minimum absolute atomic E-state index is 0.639. The monoisotopic (exact) mass is 154 g/mol. The molecule has 6 heteroatoms. The Morgan fingerprint density at radius 3 is 1.44 bits per heavy atom. The summed E-state index contributed by atoms with van der Waals surface area (Å²) in [5, 5.41) is 0. The molecule has 0 aromatic rings. The van der Waals surface area contributed by atoms with E-state index in [1.165, 1.54) is 6.08 Å². The highest BCUT2D eigenvalue weighted by atomic mass is 31.2. The fraction of sp³-hybridized carbons (Fsp3) is 0. The molecule has 3 N–H and O–H groups in total.